The van der Waals surface area contributed by atoms with E-state index in [0.29, 0.717) is 30.5 Å². The van der Waals surface area contributed by atoms with Gasteiger partial charge in [-0.25, -0.2) is 4.98 Å². The van der Waals surface area contributed by atoms with Crippen LogP contribution in [0.5, 0.6) is 0 Å². The van der Waals surface area contributed by atoms with Gasteiger partial charge in [0.25, 0.3) is 5.91 Å². The molecule has 0 aromatic carbocycles. The molecule has 1 aromatic rings. The van der Waals surface area contributed by atoms with Crippen LogP contribution < -0.4 is 16.0 Å². The van der Waals surface area contributed by atoms with Gasteiger partial charge in [-0.1, -0.05) is 23.5 Å². The van der Waals surface area contributed by atoms with E-state index >= 15 is 0 Å². The monoisotopic (exact) mass is 296 g/mol. The first-order valence-corrected chi connectivity index (χ1v) is 7.52. The summed E-state index contributed by atoms with van der Waals surface area (Å²) in [5, 5.41) is 3.64. The first kappa shape index (κ1) is 14.8. The number of morpholine rings is 1. The number of rotatable bonds is 5. The van der Waals surface area contributed by atoms with Crippen LogP contribution in [0.2, 0.25) is 0 Å². The van der Waals surface area contributed by atoms with E-state index in [0.717, 1.165) is 24.6 Å². The van der Waals surface area contributed by atoms with Crippen LogP contribution in [0.25, 0.3) is 0 Å². The molecule has 0 aliphatic carbocycles. The predicted octanol–water partition coefficient (Wildman–Crippen LogP) is 1.26. The minimum Gasteiger partial charge on any atom is -0.382 e. The lowest BCUT2D eigenvalue weighted by Gasteiger charge is -2.25. The van der Waals surface area contributed by atoms with E-state index in [9.17, 15) is 4.79 Å². The Morgan fingerprint density at radius 3 is 3.00 bits per heavy atom. The highest BCUT2D eigenvalue weighted by molar-refractivity contribution is 7.18. The summed E-state index contributed by atoms with van der Waals surface area (Å²) in [5.41, 5.74) is 5.85. The van der Waals surface area contributed by atoms with Gasteiger partial charge in [0.2, 0.25) is 0 Å². The highest BCUT2D eigenvalue weighted by atomic mass is 32.1. The highest BCUT2D eigenvalue weighted by Crippen LogP contribution is 2.28. The first-order valence-electron chi connectivity index (χ1n) is 6.70. The molecular weight excluding hydrogens is 276 g/mol. The second-order valence-corrected chi connectivity index (χ2v) is 5.40. The summed E-state index contributed by atoms with van der Waals surface area (Å²) >= 11 is 1.34. The number of nitrogens with zero attached hydrogens (tertiary/aromatic N) is 2. The fourth-order valence-electron chi connectivity index (χ4n) is 1.89. The van der Waals surface area contributed by atoms with E-state index in [1.165, 1.54) is 11.3 Å². The van der Waals surface area contributed by atoms with Gasteiger partial charge < -0.3 is 20.7 Å². The van der Waals surface area contributed by atoms with Gasteiger partial charge in [0.15, 0.2) is 5.13 Å². The number of hydrogen-bond donors (Lipinski definition) is 2. The Labute approximate surface area is 122 Å². The summed E-state index contributed by atoms with van der Waals surface area (Å²) in [6, 6.07) is 0. The molecule has 0 radical (unpaired) electrons. The van der Waals surface area contributed by atoms with Gasteiger partial charge in [-0.15, -0.1) is 0 Å². The topological polar surface area (TPSA) is 80.5 Å². The van der Waals surface area contributed by atoms with Crippen LogP contribution in [0.15, 0.2) is 12.2 Å². The van der Waals surface area contributed by atoms with Crippen LogP contribution in [-0.2, 0) is 4.74 Å². The van der Waals surface area contributed by atoms with Crippen LogP contribution >= 0.6 is 11.3 Å². The van der Waals surface area contributed by atoms with Crippen LogP contribution in [0.4, 0.5) is 10.9 Å². The standard InChI is InChI=1S/C13H20N4O2S/c1-2-3-4-5-15-12(18)10-11(14)16-13(20-10)17-6-8-19-9-7-17/h2-3H,4-9,14H2,1H3,(H,15,18)/b3-2+. The van der Waals surface area contributed by atoms with Crippen LogP contribution in [-0.4, -0.2) is 43.7 Å². The summed E-state index contributed by atoms with van der Waals surface area (Å²) in [4.78, 5) is 18.9. The zero-order valence-corrected chi connectivity index (χ0v) is 12.4. The maximum absolute atomic E-state index is 12.0. The van der Waals surface area contributed by atoms with Crippen molar-refractivity contribution in [1.29, 1.82) is 0 Å². The molecule has 0 saturated carbocycles. The van der Waals surface area contributed by atoms with E-state index in [1.807, 2.05) is 19.1 Å². The van der Waals surface area contributed by atoms with Gasteiger partial charge in [-0.2, -0.15) is 0 Å². The molecular formula is C13H20N4O2S. The van der Waals surface area contributed by atoms with E-state index in [2.05, 4.69) is 15.2 Å². The SMILES string of the molecule is C/C=C/CCNC(=O)c1sc(N2CCOCC2)nc1N. The number of allylic oxidation sites excluding steroid dienone is 1. The number of amides is 1. The fourth-order valence-corrected chi connectivity index (χ4v) is 2.84. The summed E-state index contributed by atoms with van der Waals surface area (Å²) in [7, 11) is 0. The molecule has 7 heteroatoms. The number of aromatic nitrogens is 1. The summed E-state index contributed by atoms with van der Waals surface area (Å²) in [5.74, 6) is 0.157. The van der Waals surface area contributed by atoms with E-state index < -0.39 is 0 Å². The zero-order valence-electron chi connectivity index (χ0n) is 11.6. The minimum absolute atomic E-state index is 0.149. The normalized spacial score (nSPS) is 15.8. The molecule has 110 valence electrons. The Morgan fingerprint density at radius 2 is 2.30 bits per heavy atom. The van der Waals surface area contributed by atoms with Crippen LogP contribution in [0, 0.1) is 0 Å². The third kappa shape index (κ3) is 3.71. The number of carbonyl (C=O) groups is 1. The van der Waals surface area contributed by atoms with Crippen LogP contribution in [0.1, 0.15) is 23.0 Å². The Bertz CT molecular complexity index is 481. The number of anilines is 2. The molecule has 20 heavy (non-hydrogen) atoms. The number of nitrogen functional groups attached to an aromatic ring is 1. The van der Waals surface area contributed by atoms with Crippen molar-refractivity contribution in [2.75, 3.05) is 43.5 Å². The molecule has 2 heterocycles. The van der Waals surface area contributed by atoms with Crippen LogP contribution in [0.3, 0.4) is 0 Å². The summed E-state index contributed by atoms with van der Waals surface area (Å²) in [6.45, 7) is 5.50. The lowest BCUT2D eigenvalue weighted by Crippen LogP contribution is -2.36. The van der Waals surface area contributed by atoms with Gasteiger partial charge in [0.1, 0.15) is 10.7 Å². The molecule has 0 bridgehead atoms. The Balaban J connectivity index is 1.97. The van der Waals surface area contributed by atoms with E-state index in [4.69, 9.17) is 10.5 Å². The Hall–Kier alpha value is -1.60. The van der Waals surface area contributed by atoms with Gasteiger partial charge in [0, 0.05) is 19.6 Å². The van der Waals surface area contributed by atoms with Crippen molar-refractivity contribution < 1.29 is 9.53 Å². The van der Waals surface area contributed by atoms with Crippen molar-refractivity contribution in [3.05, 3.63) is 17.0 Å². The van der Waals surface area contributed by atoms with Crippen molar-refractivity contribution in [2.45, 2.75) is 13.3 Å². The van der Waals surface area contributed by atoms with Gasteiger partial charge in [0.05, 0.1) is 13.2 Å². The Kier molecular flexibility index (Phi) is 5.37. The molecule has 6 nitrogen and oxygen atoms in total. The molecule has 3 N–H and O–H groups in total. The molecule has 0 unspecified atom stereocenters. The smallest absolute Gasteiger partial charge is 0.265 e. The third-order valence-corrected chi connectivity index (χ3v) is 4.09. The molecule has 1 aliphatic rings. The third-order valence-electron chi connectivity index (χ3n) is 2.96. The van der Waals surface area contributed by atoms with Crippen molar-refractivity contribution in [1.82, 2.24) is 10.3 Å². The quantitative estimate of drug-likeness (QED) is 0.631. The summed E-state index contributed by atoms with van der Waals surface area (Å²) in [6.07, 6.45) is 4.79. The van der Waals surface area contributed by atoms with Crippen molar-refractivity contribution in [3.8, 4) is 0 Å². The van der Waals surface area contributed by atoms with E-state index in [-0.39, 0.29) is 5.91 Å². The molecule has 0 atom stereocenters. The Morgan fingerprint density at radius 1 is 1.55 bits per heavy atom. The number of nitrogens with two attached hydrogens (primary N) is 1. The average Bonchev–Trinajstić information content (AvgIpc) is 2.86. The van der Waals surface area contributed by atoms with Crippen molar-refractivity contribution in [3.63, 3.8) is 0 Å². The largest absolute Gasteiger partial charge is 0.382 e. The number of hydrogen-bond acceptors (Lipinski definition) is 6. The molecule has 0 spiro atoms. The number of nitrogens with one attached hydrogen (secondary N) is 1. The van der Waals surface area contributed by atoms with Gasteiger partial charge in [-0.3, -0.25) is 4.79 Å². The maximum atomic E-state index is 12.0. The lowest BCUT2D eigenvalue weighted by molar-refractivity contribution is 0.0959. The number of ether oxygens (including phenoxy) is 1. The molecule has 1 saturated heterocycles. The van der Waals surface area contributed by atoms with Crippen molar-refractivity contribution in [2.24, 2.45) is 0 Å². The lowest BCUT2D eigenvalue weighted by atomic mass is 10.3. The molecule has 2 rings (SSSR count). The highest BCUT2D eigenvalue weighted by Gasteiger charge is 2.20. The zero-order chi connectivity index (χ0) is 14.4. The first-order chi connectivity index (χ1) is 9.72. The van der Waals surface area contributed by atoms with Gasteiger partial charge >= 0.3 is 0 Å². The minimum atomic E-state index is -0.149. The second kappa shape index (κ2) is 7.25. The number of carbonyl (C=O) groups excluding carboxylic acids is 1. The second-order valence-electron chi connectivity index (χ2n) is 4.42. The summed E-state index contributed by atoms with van der Waals surface area (Å²) < 4.78 is 5.30. The predicted molar refractivity (Wildman–Crippen MR) is 81.3 cm³/mol. The molecule has 1 aliphatic heterocycles. The fraction of sp³-hybridized carbons (Fsp3) is 0.538. The molecule has 1 aromatic heterocycles. The maximum Gasteiger partial charge on any atom is 0.265 e. The molecule has 1 amide bonds. The number of thiazole rings is 1. The molecule has 1 fully saturated rings. The van der Waals surface area contributed by atoms with Gasteiger partial charge in [-0.05, 0) is 13.3 Å². The van der Waals surface area contributed by atoms with Crippen molar-refractivity contribution >= 4 is 28.2 Å². The van der Waals surface area contributed by atoms with E-state index in [1.54, 1.807) is 0 Å². The average molecular weight is 296 g/mol.